The van der Waals surface area contributed by atoms with Crippen molar-refractivity contribution in [2.45, 2.75) is 0 Å². The van der Waals surface area contributed by atoms with Crippen LogP contribution in [0.4, 0.5) is 0 Å². The number of hydrogen-bond donors (Lipinski definition) is 0. The van der Waals surface area contributed by atoms with E-state index in [0.717, 1.165) is 16.9 Å². The van der Waals surface area contributed by atoms with E-state index in [-0.39, 0.29) is 0 Å². The molecule has 0 radical (unpaired) electrons. The summed E-state index contributed by atoms with van der Waals surface area (Å²) in [4.78, 5) is 16.2. The van der Waals surface area contributed by atoms with Crippen molar-refractivity contribution in [2.75, 3.05) is 0 Å². The second kappa shape index (κ2) is 5.61. The lowest BCUT2D eigenvalue weighted by atomic mass is 10.3. The van der Waals surface area contributed by atoms with Gasteiger partial charge in [0.1, 0.15) is 5.69 Å². The molecule has 2 aliphatic rings. The molecule has 0 atom stereocenters. The van der Waals surface area contributed by atoms with Crippen LogP contribution in [0.25, 0.3) is 4.91 Å². The normalized spacial score (nSPS) is 18.3. The lowest BCUT2D eigenvalue weighted by molar-refractivity contribution is 0.111. The third kappa shape index (κ3) is 2.56. The zero-order chi connectivity index (χ0) is 12.4. The van der Waals surface area contributed by atoms with Gasteiger partial charge in [-0.3, -0.25) is 4.79 Å². The van der Waals surface area contributed by atoms with Crippen LogP contribution in [-0.2, 0) is 0 Å². The van der Waals surface area contributed by atoms with Crippen molar-refractivity contribution >= 4 is 58.2 Å². The molecule has 0 aliphatic carbocycles. The van der Waals surface area contributed by atoms with Gasteiger partial charge in [-0.15, -0.1) is 0 Å². The molecular formula is C12H7NOS4. The van der Waals surface area contributed by atoms with E-state index in [1.807, 2.05) is 12.1 Å². The SMILES string of the molecule is O=Cc1cccc(C2=CSC(=C3SC=CS3)S2)n1. The van der Waals surface area contributed by atoms with Crippen LogP contribution in [0.1, 0.15) is 16.2 Å². The molecule has 0 bridgehead atoms. The summed E-state index contributed by atoms with van der Waals surface area (Å²) in [5.74, 6) is 0. The molecule has 2 nitrogen and oxygen atoms in total. The van der Waals surface area contributed by atoms with Crippen LogP contribution in [0.15, 0.2) is 42.9 Å². The number of thioether (sulfide) groups is 4. The Bertz CT molecular complexity index is 581. The van der Waals surface area contributed by atoms with E-state index in [9.17, 15) is 4.79 Å². The number of aldehydes is 1. The highest BCUT2D eigenvalue weighted by atomic mass is 32.2. The summed E-state index contributed by atoms with van der Waals surface area (Å²) >= 11 is 6.96. The minimum atomic E-state index is 0.478. The highest BCUT2D eigenvalue weighted by molar-refractivity contribution is 8.35. The van der Waals surface area contributed by atoms with Crippen LogP contribution >= 0.6 is 47.0 Å². The van der Waals surface area contributed by atoms with Crippen LogP contribution in [0.2, 0.25) is 0 Å². The van der Waals surface area contributed by atoms with Gasteiger partial charge < -0.3 is 0 Å². The molecule has 3 rings (SSSR count). The molecular weight excluding hydrogens is 302 g/mol. The standard InChI is InChI=1S/C12H7NOS4/c14-6-8-2-1-3-9(13-8)10-7-17-12(18-10)11-15-4-5-16-11/h1-7H. The Balaban J connectivity index is 1.82. The minimum Gasteiger partial charge on any atom is -0.296 e. The molecule has 2 aliphatic heterocycles. The summed E-state index contributed by atoms with van der Waals surface area (Å²) in [6.45, 7) is 0. The predicted octanol–water partition coefficient (Wildman–Crippen LogP) is 4.75. The summed E-state index contributed by atoms with van der Waals surface area (Å²) in [6, 6.07) is 5.52. The van der Waals surface area contributed by atoms with E-state index >= 15 is 0 Å². The van der Waals surface area contributed by atoms with E-state index in [2.05, 4.69) is 21.2 Å². The summed E-state index contributed by atoms with van der Waals surface area (Å²) in [6.07, 6.45) is 0.781. The summed E-state index contributed by atoms with van der Waals surface area (Å²) in [5.41, 5.74) is 1.35. The molecule has 0 saturated heterocycles. The Labute approximate surface area is 122 Å². The van der Waals surface area contributed by atoms with Gasteiger partial charge in [-0.05, 0) is 28.4 Å². The highest BCUT2D eigenvalue weighted by Gasteiger charge is 2.20. The van der Waals surface area contributed by atoms with Crippen LogP contribution < -0.4 is 0 Å². The van der Waals surface area contributed by atoms with Gasteiger partial charge in [0.15, 0.2) is 6.29 Å². The Kier molecular flexibility index (Phi) is 3.88. The average Bonchev–Trinajstić information content (AvgIpc) is 3.09. The van der Waals surface area contributed by atoms with Crippen LogP contribution in [0.3, 0.4) is 0 Å². The Morgan fingerprint density at radius 1 is 1.06 bits per heavy atom. The number of pyridine rings is 1. The third-order valence-corrected chi connectivity index (χ3v) is 7.24. The molecule has 0 unspecified atom stereocenters. The quantitative estimate of drug-likeness (QED) is 0.733. The van der Waals surface area contributed by atoms with Gasteiger partial charge in [0, 0.05) is 4.91 Å². The molecule has 0 N–H and O–H groups in total. The minimum absolute atomic E-state index is 0.478. The maximum absolute atomic E-state index is 10.7. The number of carbonyl (C=O) groups excluding carboxylic acids is 1. The Morgan fingerprint density at radius 3 is 2.67 bits per heavy atom. The smallest absolute Gasteiger partial charge is 0.168 e. The fourth-order valence-electron chi connectivity index (χ4n) is 1.41. The van der Waals surface area contributed by atoms with Gasteiger partial charge in [-0.25, -0.2) is 4.98 Å². The molecule has 0 spiro atoms. The molecule has 90 valence electrons. The molecule has 1 aromatic heterocycles. The number of nitrogens with zero attached hydrogens (tertiary/aromatic N) is 1. The topological polar surface area (TPSA) is 30.0 Å². The largest absolute Gasteiger partial charge is 0.296 e. The van der Waals surface area contributed by atoms with Crippen molar-refractivity contribution in [3.05, 3.63) is 54.3 Å². The van der Waals surface area contributed by atoms with Crippen molar-refractivity contribution in [1.29, 1.82) is 0 Å². The van der Waals surface area contributed by atoms with Crippen molar-refractivity contribution in [3.8, 4) is 0 Å². The monoisotopic (exact) mass is 309 g/mol. The summed E-state index contributed by atoms with van der Waals surface area (Å²) in [5, 5.41) is 6.29. The molecule has 0 saturated carbocycles. The van der Waals surface area contributed by atoms with Crippen molar-refractivity contribution < 1.29 is 4.79 Å². The van der Waals surface area contributed by atoms with Crippen molar-refractivity contribution in [3.63, 3.8) is 0 Å². The summed E-state index contributed by atoms with van der Waals surface area (Å²) in [7, 11) is 0. The van der Waals surface area contributed by atoms with E-state index in [4.69, 9.17) is 0 Å². The second-order valence-corrected chi connectivity index (χ2v) is 7.63. The van der Waals surface area contributed by atoms with E-state index in [0.29, 0.717) is 5.69 Å². The molecule has 6 heteroatoms. The number of hydrogen-bond acceptors (Lipinski definition) is 6. The maximum Gasteiger partial charge on any atom is 0.168 e. The second-order valence-electron chi connectivity index (χ2n) is 3.35. The van der Waals surface area contributed by atoms with Crippen LogP contribution in [-0.4, -0.2) is 11.3 Å². The van der Waals surface area contributed by atoms with Gasteiger partial charge in [-0.2, -0.15) is 0 Å². The molecule has 0 amide bonds. The summed E-state index contributed by atoms with van der Waals surface area (Å²) < 4.78 is 2.62. The highest BCUT2D eigenvalue weighted by Crippen LogP contribution is 2.55. The Morgan fingerprint density at radius 2 is 1.89 bits per heavy atom. The van der Waals surface area contributed by atoms with E-state index < -0.39 is 0 Å². The van der Waals surface area contributed by atoms with E-state index in [1.165, 1.54) is 8.47 Å². The third-order valence-electron chi connectivity index (χ3n) is 2.19. The van der Waals surface area contributed by atoms with Crippen molar-refractivity contribution in [1.82, 2.24) is 4.98 Å². The first kappa shape index (κ1) is 12.5. The Hall–Kier alpha value is -0.560. The first-order valence-corrected chi connectivity index (χ1v) is 8.52. The predicted molar refractivity (Wildman–Crippen MR) is 84.1 cm³/mol. The lowest BCUT2D eigenvalue weighted by Gasteiger charge is -2.02. The zero-order valence-electron chi connectivity index (χ0n) is 9.03. The van der Waals surface area contributed by atoms with Gasteiger partial charge in [0.05, 0.1) is 14.2 Å². The van der Waals surface area contributed by atoms with Crippen LogP contribution in [0.5, 0.6) is 0 Å². The zero-order valence-corrected chi connectivity index (χ0v) is 12.3. The first-order chi connectivity index (χ1) is 8.86. The maximum atomic E-state index is 10.7. The number of aromatic nitrogens is 1. The molecule has 18 heavy (non-hydrogen) atoms. The van der Waals surface area contributed by atoms with Crippen molar-refractivity contribution in [2.24, 2.45) is 0 Å². The molecule has 1 aromatic rings. The van der Waals surface area contributed by atoms with E-state index in [1.54, 1.807) is 53.1 Å². The lowest BCUT2D eigenvalue weighted by Crippen LogP contribution is -1.90. The van der Waals surface area contributed by atoms with Gasteiger partial charge in [0.25, 0.3) is 0 Å². The molecule has 3 heterocycles. The fraction of sp³-hybridized carbons (Fsp3) is 0. The first-order valence-electron chi connectivity index (χ1n) is 5.07. The number of carbonyl (C=O) groups is 1. The molecule has 0 aromatic carbocycles. The fourth-order valence-corrected chi connectivity index (χ4v) is 5.85. The van der Waals surface area contributed by atoms with Gasteiger partial charge in [0.2, 0.25) is 0 Å². The average molecular weight is 309 g/mol. The molecule has 0 fully saturated rings. The van der Waals surface area contributed by atoms with Crippen LogP contribution in [0, 0.1) is 0 Å². The number of rotatable bonds is 2. The van der Waals surface area contributed by atoms with Gasteiger partial charge >= 0.3 is 0 Å². The van der Waals surface area contributed by atoms with Gasteiger partial charge in [-0.1, -0.05) is 53.1 Å².